The monoisotopic (exact) mass is 271 g/mol. The summed E-state index contributed by atoms with van der Waals surface area (Å²) in [4.78, 5) is 2.95. The molecule has 1 fully saturated rings. The number of thiocarbonyl (C=S) groups is 1. The molecule has 5 heteroatoms. The van der Waals surface area contributed by atoms with Crippen molar-refractivity contribution in [3.05, 3.63) is 28.8 Å². The van der Waals surface area contributed by atoms with Gasteiger partial charge in [-0.25, -0.2) is 0 Å². The lowest BCUT2D eigenvalue weighted by Gasteiger charge is -2.29. The van der Waals surface area contributed by atoms with Gasteiger partial charge in [-0.2, -0.15) is 0 Å². The summed E-state index contributed by atoms with van der Waals surface area (Å²) >= 11 is 11.5. The number of hydrogen-bond donors (Lipinski definition) is 0. The fourth-order valence-electron chi connectivity index (χ4n) is 1.75. The first-order valence-corrected chi connectivity index (χ1v) is 6.21. The Morgan fingerprint density at radius 1 is 1.41 bits per heavy atom. The fourth-order valence-corrected chi connectivity index (χ4v) is 2.32. The second kappa shape index (κ2) is 5.67. The van der Waals surface area contributed by atoms with Gasteiger partial charge in [0.05, 0.1) is 25.3 Å². The molecule has 0 saturated carbocycles. The topological polar surface area (TPSA) is 21.7 Å². The molecule has 3 nitrogen and oxygen atoms in total. The van der Waals surface area contributed by atoms with Crippen molar-refractivity contribution in [2.75, 3.05) is 33.4 Å². The Bertz CT molecular complexity index is 419. The lowest BCUT2D eigenvalue weighted by molar-refractivity contribution is 0.0693. The van der Waals surface area contributed by atoms with Crippen molar-refractivity contribution in [1.82, 2.24) is 4.90 Å². The minimum absolute atomic E-state index is 0.584. The van der Waals surface area contributed by atoms with Crippen molar-refractivity contribution in [1.29, 1.82) is 0 Å². The van der Waals surface area contributed by atoms with Gasteiger partial charge < -0.3 is 14.4 Å². The van der Waals surface area contributed by atoms with Crippen molar-refractivity contribution in [3.63, 3.8) is 0 Å². The van der Waals surface area contributed by atoms with Crippen molar-refractivity contribution in [2.45, 2.75) is 0 Å². The summed E-state index contributed by atoms with van der Waals surface area (Å²) in [5.41, 5.74) is 0.952. The van der Waals surface area contributed by atoms with E-state index in [1.165, 1.54) is 0 Å². The molecule has 0 aliphatic carbocycles. The Hall–Kier alpha value is -0.840. The zero-order chi connectivity index (χ0) is 12.3. The highest BCUT2D eigenvalue weighted by atomic mass is 35.5. The van der Waals surface area contributed by atoms with Crippen LogP contribution < -0.4 is 4.74 Å². The minimum Gasteiger partial charge on any atom is -0.495 e. The van der Waals surface area contributed by atoms with Crippen LogP contribution in [0.15, 0.2) is 18.2 Å². The molecule has 0 radical (unpaired) electrons. The third kappa shape index (κ3) is 2.89. The number of benzene rings is 1. The van der Waals surface area contributed by atoms with Gasteiger partial charge in [0.15, 0.2) is 0 Å². The SMILES string of the molecule is COc1ccc(C(=S)N2CCOCC2)cc1Cl. The van der Waals surface area contributed by atoms with E-state index in [2.05, 4.69) is 4.90 Å². The Morgan fingerprint density at radius 2 is 2.12 bits per heavy atom. The molecule has 17 heavy (non-hydrogen) atoms. The summed E-state index contributed by atoms with van der Waals surface area (Å²) in [5.74, 6) is 0.667. The smallest absolute Gasteiger partial charge is 0.137 e. The largest absolute Gasteiger partial charge is 0.495 e. The van der Waals surface area contributed by atoms with Crippen LogP contribution in [0.3, 0.4) is 0 Å². The van der Waals surface area contributed by atoms with Crippen LogP contribution in [-0.2, 0) is 4.74 Å². The Morgan fingerprint density at radius 3 is 2.71 bits per heavy atom. The molecule has 2 rings (SSSR count). The van der Waals surface area contributed by atoms with Gasteiger partial charge in [0.1, 0.15) is 10.7 Å². The predicted octanol–water partition coefficient (Wildman–Crippen LogP) is 2.36. The summed E-state index contributed by atoms with van der Waals surface area (Å²) < 4.78 is 10.4. The number of halogens is 1. The number of hydrogen-bond acceptors (Lipinski definition) is 3. The van der Waals surface area contributed by atoms with Crippen LogP contribution in [0.25, 0.3) is 0 Å². The van der Waals surface area contributed by atoms with Crippen LogP contribution in [0.5, 0.6) is 5.75 Å². The van der Waals surface area contributed by atoms with Gasteiger partial charge in [0.2, 0.25) is 0 Å². The first kappa shape index (κ1) is 12.6. The molecule has 1 aliphatic heterocycles. The van der Waals surface area contributed by atoms with E-state index in [9.17, 15) is 0 Å². The number of methoxy groups -OCH3 is 1. The molecular formula is C12H14ClNO2S. The van der Waals surface area contributed by atoms with Crippen LogP contribution in [0.1, 0.15) is 5.56 Å². The van der Waals surface area contributed by atoms with Crippen LogP contribution in [0.2, 0.25) is 5.02 Å². The van der Waals surface area contributed by atoms with Crippen molar-refractivity contribution < 1.29 is 9.47 Å². The van der Waals surface area contributed by atoms with Gasteiger partial charge in [-0.05, 0) is 18.2 Å². The molecule has 1 aromatic carbocycles. The van der Waals surface area contributed by atoms with Crippen molar-refractivity contribution in [2.24, 2.45) is 0 Å². The van der Waals surface area contributed by atoms with Gasteiger partial charge in [-0.15, -0.1) is 0 Å². The van der Waals surface area contributed by atoms with Gasteiger partial charge in [0.25, 0.3) is 0 Å². The van der Waals surface area contributed by atoms with E-state index in [4.69, 9.17) is 33.3 Å². The van der Waals surface area contributed by atoms with Gasteiger partial charge in [0, 0.05) is 18.7 Å². The van der Waals surface area contributed by atoms with Crippen LogP contribution in [0.4, 0.5) is 0 Å². The predicted molar refractivity (Wildman–Crippen MR) is 72.1 cm³/mol. The van der Waals surface area contributed by atoms with E-state index < -0.39 is 0 Å². The zero-order valence-corrected chi connectivity index (χ0v) is 11.2. The summed E-state index contributed by atoms with van der Waals surface area (Å²) in [6, 6.07) is 5.62. The standard InChI is InChI=1S/C12H14ClNO2S/c1-15-11-3-2-9(8-10(11)13)12(17)14-4-6-16-7-5-14/h2-3,8H,4-7H2,1H3. The molecule has 1 heterocycles. The molecule has 0 unspecified atom stereocenters. The normalized spacial score (nSPS) is 15.8. The second-order valence-corrected chi connectivity index (χ2v) is 4.55. The molecule has 1 saturated heterocycles. The summed E-state index contributed by atoms with van der Waals surface area (Å²) in [6.45, 7) is 3.12. The molecule has 0 atom stereocenters. The van der Waals surface area contributed by atoms with Crippen LogP contribution in [-0.4, -0.2) is 43.3 Å². The third-order valence-electron chi connectivity index (χ3n) is 2.70. The second-order valence-electron chi connectivity index (χ2n) is 3.75. The Balaban J connectivity index is 2.16. The van der Waals surface area contributed by atoms with Crippen LogP contribution >= 0.6 is 23.8 Å². The summed E-state index contributed by atoms with van der Waals surface area (Å²) in [5, 5.41) is 0.584. The number of morpholine rings is 1. The molecule has 0 bridgehead atoms. The molecule has 1 aliphatic rings. The van der Waals surface area contributed by atoms with Crippen LogP contribution in [0, 0.1) is 0 Å². The van der Waals surface area contributed by atoms with E-state index in [1.54, 1.807) is 7.11 Å². The lowest BCUT2D eigenvalue weighted by Crippen LogP contribution is -2.40. The number of ether oxygens (including phenoxy) is 2. The molecule has 0 aromatic heterocycles. The first-order valence-electron chi connectivity index (χ1n) is 5.43. The highest BCUT2D eigenvalue weighted by Gasteiger charge is 2.15. The van der Waals surface area contributed by atoms with Crippen molar-refractivity contribution in [3.8, 4) is 5.75 Å². The average molecular weight is 272 g/mol. The molecule has 92 valence electrons. The highest BCUT2D eigenvalue weighted by molar-refractivity contribution is 7.80. The van der Waals surface area contributed by atoms with Gasteiger partial charge in [-0.3, -0.25) is 0 Å². The molecular weight excluding hydrogens is 258 g/mol. The molecule has 1 aromatic rings. The van der Waals surface area contributed by atoms with Gasteiger partial charge >= 0.3 is 0 Å². The molecule has 0 amide bonds. The minimum atomic E-state index is 0.584. The number of rotatable bonds is 2. The van der Waals surface area contributed by atoms with E-state index in [-0.39, 0.29) is 0 Å². The Labute approximate surface area is 111 Å². The highest BCUT2D eigenvalue weighted by Crippen LogP contribution is 2.25. The van der Waals surface area contributed by atoms with E-state index in [1.807, 2.05) is 18.2 Å². The summed E-state index contributed by atoms with van der Waals surface area (Å²) in [6.07, 6.45) is 0. The fraction of sp³-hybridized carbons (Fsp3) is 0.417. The zero-order valence-electron chi connectivity index (χ0n) is 9.61. The maximum absolute atomic E-state index is 6.08. The maximum atomic E-state index is 6.08. The third-order valence-corrected chi connectivity index (χ3v) is 3.49. The van der Waals surface area contributed by atoms with E-state index in [0.29, 0.717) is 10.8 Å². The quantitative estimate of drug-likeness (QED) is 0.770. The van der Waals surface area contributed by atoms with Crippen molar-refractivity contribution >= 4 is 28.8 Å². The first-order chi connectivity index (χ1) is 8.22. The Kier molecular flexibility index (Phi) is 4.20. The van der Waals surface area contributed by atoms with Gasteiger partial charge in [-0.1, -0.05) is 23.8 Å². The molecule has 0 spiro atoms. The summed E-state index contributed by atoms with van der Waals surface area (Å²) in [7, 11) is 1.60. The average Bonchev–Trinajstić information content (AvgIpc) is 2.39. The lowest BCUT2D eigenvalue weighted by atomic mass is 10.2. The number of nitrogens with zero attached hydrogens (tertiary/aromatic N) is 1. The van der Waals surface area contributed by atoms with E-state index in [0.717, 1.165) is 36.9 Å². The maximum Gasteiger partial charge on any atom is 0.137 e. The van der Waals surface area contributed by atoms with E-state index >= 15 is 0 Å². The molecule has 0 N–H and O–H groups in total.